The second kappa shape index (κ2) is 7.10. The minimum Gasteiger partial charge on any atom is -0.399 e. The minimum atomic E-state index is -4.59. The van der Waals surface area contributed by atoms with Crippen molar-refractivity contribution in [2.75, 3.05) is 18.8 Å². The molecule has 0 heterocycles. The first kappa shape index (κ1) is 17.7. The smallest absolute Gasteiger partial charge is 0.399 e. The molecule has 5 nitrogen and oxygen atoms in total. The Morgan fingerprint density at radius 1 is 1.24 bits per heavy atom. The van der Waals surface area contributed by atoms with Gasteiger partial charge in [0, 0.05) is 18.8 Å². The summed E-state index contributed by atoms with van der Waals surface area (Å²) >= 11 is 0. The number of halogens is 3. The summed E-state index contributed by atoms with van der Waals surface area (Å²) in [7, 11) is -4.19. The van der Waals surface area contributed by atoms with Crippen LogP contribution in [0.4, 0.5) is 18.9 Å². The maximum Gasteiger partial charge on any atom is 0.402 e. The minimum absolute atomic E-state index is 0.0126. The third kappa shape index (κ3) is 6.32. The zero-order valence-corrected chi connectivity index (χ0v) is 12.3. The molecular weight excluding hydrogens is 307 g/mol. The van der Waals surface area contributed by atoms with Crippen LogP contribution >= 0.6 is 0 Å². The summed E-state index contributed by atoms with van der Waals surface area (Å²) in [4.78, 5) is 0. The number of nitrogens with one attached hydrogen (secondary N) is 1. The highest BCUT2D eigenvalue weighted by molar-refractivity contribution is 7.87. The lowest BCUT2D eigenvalue weighted by Crippen LogP contribution is -2.44. The summed E-state index contributed by atoms with van der Waals surface area (Å²) in [5.74, 6) is 0. The average Bonchev–Trinajstić information content (AvgIpc) is 2.38. The predicted molar refractivity (Wildman–Crippen MR) is 74.5 cm³/mol. The number of anilines is 1. The molecule has 0 spiro atoms. The molecule has 0 aromatic heterocycles. The molecule has 120 valence electrons. The molecule has 0 aliphatic carbocycles. The van der Waals surface area contributed by atoms with Crippen molar-refractivity contribution < 1.29 is 21.6 Å². The van der Waals surface area contributed by atoms with Gasteiger partial charge in [0.2, 0.25) is 0 Å². The summed E-state index contributed by atoms with van der Waals surface area (Å²) in [5.41, 5.74) is 6.70. The van der Waals surface area contributed by atoms with E-state index in [-0.39, 0.29) is 13.1 Å². The van der Waals surface area contributed by atoms with E-state index in [2.05, 4.69) is 0 Å². The van der Waals surface area contributed by atoms with Gasteiger partial charge in [-0.15, -0.1) is 0 Å². The van der Waals surface area contributed by atoms with Crippen molar-refractivity contribution in [1.29, 1.82) is 0 Å². The SMILES string of the molecule is CCCN(Cc1ccc(N)cc1)S(=O)(=O)NCC(F)(F)F. The van der Waals surface area contributed by atoms with Crippen LogP contribution in [0.2, 0.25) is 0 Å². The first-order valence-electron chi connectivity index (χ1n) is 6.30. The molecular formula is C12H18F3N3O2S. The van der Waals surface area contributed by atoms with E-state index < -0.39 is 22.9 Å². The van der Waals surface area contributed by atoms with Crippen LogP contribution in [0.3, 0.4) is 0 Å². The maximum atomic E-state index is 12.1. The maximum absolute atomic E-state index is 12.1. The molecule has 0 amide bonds. The molecule has 1 aromatic rings. The number of alkyl halides is 3. The Morgan fingerprint density at radius 3 is 2.29 bits per heavy atom. The summed E-state index contributed by atoms with van der Waals surface area (Å²) in [5, 5.41) is 0. The molecule has 1 aromatic carbocycles. The zero-order chi connectivity index (χ0) is 16.1. The Morgan fingerprint density at radius 2 is 1.81 bits per heavy atom. The lowest BCUT2D eigenvalue weighted by atomic mass is 10.2. The average molecular weight is 325 g/mol. The third-order valence-electron chi connectivity index (χ3n) is 2.61. The third-order valence-corrected chi connectivity index (χ3v) is 4.11. The van der Waals surface area contributed by atoms with Crippen molar-refractivity contribution in [3.63, 3.8) is 0 Å². The van der Waals surface area contributed by atoms with E-state index >= 15 is 0 Å². The van der Waals surface area contributed by atoms with Crippen molar-refractivity contribution >= 4 is 15.9 Å². The first-order valence-corrected chi connectivity index (χ1v) is 7.74. The van der Waals surface area contributed by atoms with E-state index in [4.69, 9.17) is 5.73 Å². The van der Waals surface area contributed by atoms with Gasteiger partial charge in [-0.3, -0.25) is 0 Å². The molecule has 0 bridgehead atoms. The van der Waals surface area contributed by atoms with E-state index in [0.717, 1.165) is 4.31 Å². The molecule has 0 radical (unpaired) electrons. The fourth-order valence-corrected chi connectivity index (χ4v) is 2.90. The first-order chi connectivity index (χ1) is 9.64. The standard InChI is InChI=1S/C12H18F3N3O2S/c1-2-7-18(8-10-3-5-11(16)6-4-10)21(19,20)17-9-12(13,14)15/h3-6,17H,2,7-9,16H2,1H3. The molecule has 0 aliphatic heterocycles. The highest BCUT2D eigenvalue weighted by Crippen LogP contribution is 2.15. The van der Waals surface area contributed by atoms with E-state index in [1.54, 1.807) is 35.9 Å². The van der Waals surface area contributed by atoms with Crippen molar-refractivity contribution in [1.82, 2.24) is 9.03 Å². The second-order valence-corrected chi connectivity index (χ2v) is 6.27. The number of nitrogens with two attached hydrogens (primary N) is 1. The number of benzene rings is 1. The zero-order valence-electron chi connectivity index (χ0n) is 11.5. The van der Waals surface area contributed by atoms with E-state index in [9.17, 15) is 21.6 Å². The van der Waals surface area contributed by atoms with Crippen LogP contribution in [0.15, 0.2) is 24.3 Å². The lowest BCUT2D eigenvalue weighted by molar-refractivity contribution is -0.121. The molecule has 0 unspecified atom stereocenters. The Hall–Kier alpha value is -1.32. The monoisotopic (exact) mass is 325 g/mol. The van der Waals surface area contributed by atoms with Crippen LogP contribution < -0.4 is 10.5 Å². The van der Waals surface area contributed by atoms with Crippen LogP contribution in [0, 0.1) is 0 Å². The summed E-state index contributed by atoms with van der Waals surface area (Å²) < 4.78 is 62.8. The van der Waals surface area contributed by atoms with Gasteiger partial charge in [-0.1, -0.05) is 19.1 Å². The van der Waals surface area contributed by atoms with Crippen LogP contribution in [-0.4, -0.2) is 32.0 Å². The van der Waals surface area contributed by atoms with Crippen molar-refractivity contribution in [3.05, 3.63) is 29.8 Å². The summed E-state index contributed by atoms with van der Waals surface area (Å²) in [6, 6.07) is 6.49. The molecule has 3 N–H and O–H groups in total. The Bertz CT molecular complexity index is 544. The van der Waals surface area contributed by atoms with Gasteiger partial charge < -0.3 is 5.73 Å². The van der Waals surface area contributed by atoms with Gasteiger partial charge in [-0.05, 0) is 24.1 Å². The van der Waals surface area contributed by atoms with Gasteiger partial charge >= 0.3 is 6.18 Å². The number of nitrogen functional groups attached to an aromatic ring is 1. The van der Waals surface area contributed by atoms with E-state index in [0.29, 0.717) is 17.7 Å². The lowest BCUT2D eigenvalue weighted by Gasteiger charge is -2.22. The quantitative estimate of drug-likeness (QED) is 0.752. The van der Waals surface area contributed by atoms with Gasteiger partial charge in [0.05, 0.1) is 0 Å². The summed E-state index contributed by atoms with van der Waals surface area (Å²) in [6.45, 7) is 0.269. The number of nitrogens with zero attached hydrogens (tertiary/aromatic N) is 1. The molecule has 0 atom stereocenters. The van der Waals surface area contributed by atoms with Gasteiger partial charge in [-0.2, -0.15) is 30.6 Å². The molecule has 0 saturated carbocycles. The van der Waals surface area contributed by atoms with Crippen molar-refractivity contribution in [2.24, 2.45) is 0 Å². The van der Waals surface area contributed by atoms with Crippen molar-refractivity contribution in [2.45, 2.75) is 26.1 Å². The number of hydrogen-bond acceptors (Lipinski definition) is 3. The van der Waals surface area contributed by atoms with Gasteiger partial charge in [0.25, 0.3) is 10.2 Å². The number of hydrogen-bond donors (Lipinski definition) is 2. The Labute approximate surface area is 122 Å². The fraction of sp³-hybridized carbons (Fsp3) is 0.500. The Balaban J connectivity index is 2.82. The van der Waals surface area contributed by atoms with Gasteiger partial charge in [-0.25, -0.2) is 0 Å². The number of rotatable bonds is 7. The highest BCUT2D eigenvalue weighted by atomic mass is 32.2. The van der Waals surface area contributed by atoms with Crippen LogP contribution in [0.1, 0.15) is 18.9 Å². The predicted octanol–water partition coefficient (Wildman–Crippen LogP) is 1.88. The molecule has 9 heteroatoms. The largest absolute Gasteiger partial charge is 0.402 e. The van der Waals surface area contributed by atoms with Gasteiger partial charge in [0.1, 0.15) is 6.54 Å². The van der Waals surface area contributed by atoms with Crippen LogP contribution in [-0.2, 0) is 16.8 Å². The van der Waals surface area contributed by atoms with E-state index in [1.807, 2.05) is 0 Å². The highest BCUT2D eigenvalue weighted by Gasteiger charge is 2.31. The molecule has 0 saturated heterocycles. The molecule has 1 rings (SSSR count). The van der Waals surface area contributed by atoms with Crippen LogP contribution in [0.5, 0.6) is 0 Å². The molecule has 0 aliphatic rings. The molecule has 0 fully saturated rings. The topological polar surface area (TPSA) is 75.4 Å². The Kier molecular flexibility index (Phi) is 5.99. The second-order valence-electron chi connectivity index (χ2n) is 4.52. The van der Waals surface area contributed by atoms with Crippen molar-refractivity contribution in [3.8, 4) is 0 Å². The normalized spacial score (nSPS) is 12.8. The summed E-state index contributed by atoms with van der Waals surface area (Å²) in [6.07, 6.45) is -4.10. The molecule has 21 heavy (non-hydrogen) atoms. The van der Waals surface area contributed by atoms with E-state index in [1.165, 1.54) is 0 Å². The van der Waals surface area contributed by atoms with Crippen LogP contribution in [0.25, 0.3) is 0 Å². The fourth-order valence-electron chi connectivity index (χ4n) is 1.62. The van der Waals surface area contributed by atoms with Gasteiger partial charge in [0.15, 0.2) is 0 Å².